The van der Waals surface area contributed by atoms with Crippen LogP contribution in [-0.4, -0.2) is 30.0 Å². The van der Waals surface area contributed by atoms with Gasteiger partial charge in [-0.25, -0.2) is 9.78 Å². The maximum Gasteiger partial charge on any atom is 0.328 e. The molecule has 0 saturated heterocycles. The Hall–Kier alpha value is -1.33. The molecule has 104 valence electrons. The topological polar surface area (TPSA) is 68.3 Å². The summed E-state index contributed by atoms with van der Waals surface area (Å²) in [6.45, 7) is 3.57. The molecule has 1 atom stereocenters. The molecule has 1 amide bonds. The number of ether oxygens (including phenoxy) is 1. The largest absolute Gasteiger partial charge is 0.467 e. The van der Waals surface area contributed by atoms with Crippen molar-refractivity contribution in [3.63, 3.8) is 0 Å². The number of amides is 1. The number of halogens is 2. The van der Waals surface area contributed by atoms with Crippen molar-refractivity contribution < 1.29 is 14.3 Å². The Labute approximate surface area is 121 Å². The summed E-state index contributed by atoms with van der Waals surface area (Å²) in [4.78, 5) is 27.4. The van der Waals surface area contributed by atoms with Crippen molar-refractivity contribution >= 4 is 35.1 Å². The van der Waals surface area contributed by atoms with E-state index < -0.39 is 17.9 Å². The van der Waals surface area contributed by atoms with Crippen LogP contribution < -0.4 is 5.32 Å². The zero-order valence-corrected chi connectivity index (χ0v) is 12.2. The van der Waals surface area contributed by atoms with Crippen molar-refractivity contribution in [2.75, 3.05) is 7.11 Å². The maximum absolute atomic E-state index is 12.0. The van der Waals surface area contributed by atoms with Gasteiger partial charge in [0, 0.05) is 0 Å². The number of nitrogens with zero attached hydrogens (tertiary/aromatic N) is 1. The smallest absolute Gasteiger partial charge is 0.328 e. The average Bonchev–Trinajstić information content (AvgIpc) is 2.37. The van der Waals surface area contributed by atoms with Crippen molar-refractivity contribution in [3.05, 3.63) is 28.0 Å². The Kier molecular flexibility index (Phi) is 5.57. The number of hydrogen-bond donors (Lipinski definition) is 1. The molecule has 5 nitrogen and oxygen atoms in total. The van der Waals surface area contributed by atoms with E-state index in [0.717, 1.165) is 0 Å². The van der Waals surface area contributed by atoms with Crippen LogP contribution in [-0.2, 0) is 9.53 Å². The normalized spacial score (nSPS) is 12.1. The lowest BCUT2D eigenvalue weighted by molar-refractivity contribution is -0.144. The zero-order valence-electron chi connectivity index (χ0n) is 10.7. The molecule has 1 aromatic rings. The highest BCUT2D eigenvalue weighted by atomic mass is 35.5. The zero-order chi connectivity index (χ0) is 14.6. The van der Waals surface area contributed by atoms with E-state index in [1.807, 2.05) is 0 Å². The van der Waals surface area contributed by atoms with E-state index in [9.17, 15) is 9.59 Å². The molecule has 7 heteroatoms. The fourth-order valence-corrected chi connectivity index (χ4v) is 1.75. The number of esters is 1. The minimum Gasteiger partial charge on any atom is -0.467 e. The summed E-state index contributed by atoms with van der Waals surface area (Å²) in [5.74, 6) is -1.23. The standard InChI is InChI=1S/C12H14Cl2N2O3/c1-6(2)9(12(18)19-3)16-11(17)10-7(13)4-5-8(14)15-10/h4-6,9H,1-3H3,(H,16,17)/t9-/m1/s1. The molecular weight excluding hydrogens is 291 g/mol. The van der Waals surface area contributed by atoms with E-state index in [-0.39, 0.29) is 21.8 Å². The lowest BCUT2D eigenvalue weighted by Crippen LogP contribution is -2.45. The molecule has 1 heterocycles. The number of pyridine rings is 1. The first-order valence-corrected chi connectivity index (χ1v) is 6.33. The van der Waals surface area contributed by atoms with Crippen molar-refractivity contribution in [2.45, 2.75) is 19.9 Å². The summed E-state index contributed by atoms with van der Waals surface area (Å²) in [7, 11) is 1.26. The van der Waals surface area contributed by atoms with E-state index in [1.165, 1.54) is 19.2 Å². The SMILES string of the molecule is COC(=O)[C@H](NC(=O)c1nc(Cl)ccc1Cl)C(C)C. The van der Waals surface area contributed by atoms with Gasteiger partial charge in [0.05, 0.1) is 12.1 Å². The fourth-order valence-electron chi connectivity index (χ4n) is 1.41. The van der Waals surface area contributed by atoms with Crippen molar-refractivity contribution in [1.29, 1.82) is 0 Å². The highest BCUT2D eigenvalue weighted by Crippen LogP contribution is 2.17. The minimum absolute atomic E-state index is 0.0243. The third kappa shape index (κ3) is 4.08. The van der Waals surface area contributed by atoms with Gasteiger partial charge in [-0.2, -0.15) is 0 Å². The van der Waals surface area contributed by atoms with Crippen LogP contribution in [0.15, 0.2) is 12.1 Å². The molecule has 1 aromatic heterocycles. The molecule has 0 aliphatic rings. The van der Waals surface area contributed by atoms with Gasteiger partial charge in [-0.3, -0.25) is 4.79 Å². The highest BCUT2D eigenvalue weighted by molar-refractivity contribution is 6.34. The van der Waals surface area contributed by atoms with Crippen LogP contribution in [0.25, 0.3) is 0 Å². The number of methoxy groups -OCH3 is 1. The number of rotatable bonds is 4. The Balaban J connectivity index is 2.94. The van der Waals surface area contributed by atoms with E-state index in [0.29, 0.717) is 0 Å². The van der Waals surface area contributed by atoms with Gasteiger partial charge in [0.2, 0.25) is 0 Å². The monoisotopic (exact) mass is 304 g/mol. The van der Waals surface area contributed by atoms with Gasteiger partial charge in [0.1, 0.15) is 16.9 Å². The van der Waals surface area contributed by atoms with E-state index in [2.05, 4.69) is 15.0 Å². The van der Waals surface area contributed by atoms with Crippen molar-refractivity contribution in [2.24, 2.45) is 5.92 Å². The van der Waals surface area contributed by atoms with Crippen LogP contribution in [0.1, 0.15) is 24.3 Å². The lowest BCUT2D eigenvalue weighted by Gasteiger charge is -2.19. The van der Waals surface area contributed by atoms with E-state index in [4.69, 9.17) is 23.2 Å². The summed E-state index contributed by atoms with van der Waals surface area (Å²) < 4.78 is 4.63. The molecule has 0 bridgehead atoms. The molecule has 0 unspecified atom stereocenters. The van der Waals surface area contributed by atoms with Crippen LogP contribution in [0.5, 0.6) is 0 Å². The van der Waals surface area contributed by atoms with Gasteiger partial charge in [0.25, 0.3) is 5.91 Å². The Bertz CT molecular complexity index is 492. The Morgan fingerprint density at radius 3 is 2.47 bits per heavy atom. The van der Waals surface area contributed by atoms with Gasteiger partial charge in [-0.1, -0.05) is 37.0 Å². The molecule has 0 aliphatic heterocycles. The van der Waals surface area contributed by atoms with Gasteiger partial charge in [-0.05, 0) is 18.1 Å². The summed E-state index contributed by atoms with van der Waals surface area (Å²) in [6, 6.07) is 2.17. The number of aromatic nitrogens is 1. The molecule has 0 aliphatic carbocycles. The average molecular weight is 305 g/mol. The number of carbonyl (C=O) groups is 2. The summed E-state index contributed by atoms with van der Waals surface area (Å²) in [5, 5.41) is 2.84. The second-order valence-corrected chi connectivity index (χ2v) is 4.98. The third-order valence-electron chi connectivity index (χ3n) is 2.44. The molecular formula is C12H14Cl2N2O3. The lowest BCUT2D eigenvalue weighted by atomic mass is 10.0. The van der Waals surface area contributed by atoms with Crippen LogP contribution >= 0.6 is 23.2 Å². The molecule has 0 aromatic carbocycles. The van der Waals surface area contributed by atoms with Gasteiger partial charge in [0.15, 0.2) is 0 Å². The molecule has 0 fully saturated rings. The second kappa shape index (κ2) is 6.73. The minimum atomic E-state index is -0.769. The number of hydrogen-bond acceptors (Lipinski definition) is 4. The molecule has 0 radical (unpaired) electrons. The molecule has 1 N–H and O–H groups in total. The number of carbonyl (C=O) groups excluding carboxylic acids is 2. The second-order valence-electron chi connectivity index (χ2n) is 4.18. The van der Waals surface area contributed by atoms with Gasteiger partial charge >= 0.3 is 5.97 Å². The van der Waals surface area contributed by atoms with Crippen molar-refractivity contribution in [1.82, 2.24) is 10.3 Å². The summed E-state index contributed by atoms with van der Waals surface area (Å²) in [6.07, 6.45) is 0. The first-order valence-electron chi connectivity index (χ1n) is 5.57. The Morgan fingerprint density at radius 1 is 1.32 bits per heavy atom. The van der Waals surface area contributed by atoms with Crippen LogP contribution in [0.3, 0.4) is 0 Å². The van der Waals surface area contributed by atoms with Gasteiger partial charge < -0.3 is 10.1 Å². The maximum atomic E-state index is 12.0. The first-order chi connectivity index (χ1) is 8.86. The van der Waals surface area contributed by atoms with E-state index >= 15 is 0 Å². The van der Waals surface area contributed by atoms with Crippen molar-refractivity contribution in [3.8, 4) is 0 Å². The molecule has 0 spiro atoms. The number of nitrogens with one attached hydrogen (secondary N) is 1. The molecule has 19 heavy (non-hydrogen) atoms. The van der Waals surface area contributed by atoms with E-state index in [1.54, 1.807) is 13.8 Å². The Morgan fingerprint density at radius 2 is 1.95 bits per heavy atom. The first kappa shape index (κ1) is 15.7. The summed E-state index contributed by atoms with van der Waals surface area (Å²) in [5.41, 5.74) is -0.0243. The molecule has 0 saturated carbocycles. The van der Waals surface area contributed by atoms with Crippen LogP contribution in [0.2, 0.25) is 10.2 Å². The third-order valence-corrected chi connectivity index (χ3v) is 2.95. The predicted molar refractivity (Wildman–Crippen MR) is 72.4 cm³/mol. The van der Waals surface area contributed by atoms with Crippen LogP contribution in [0, 0.1) is 5.92 Å². The van der Waals surface area contributed by atoms with Gasteiger partial charge in [-0.15, -0.1) is 0 Å². The molecule has 1 rings (SSSR count). The highest BCUT2D eigenvalue weighted by Gasteiger charge is 2.26. The summed E-state index contributed by atoms with van der Waals surface area (Å²) >= 11 is 11.6. The predicted octanol–water partition coefficient (Wildman–Crippen LogP) is 2.32. The van der Waals surface area contributed by atoms with Crippen LogP contribution in [0.4, 0.5) is 0 Å². The quantitative estimate of drug-likeness (QED) is 0.684. The fraction of sp³-hybridized carbons (Fsp3) is 0.417.